The number of hydrogen-bond acceptors (Lipinski definition) is 3. The predicted molar refractivity (Wildman–Crippen MR) is 31.9 cm³/mol. The van der Waals surface area contributed by atoms with Gasteiger partial charge < -0.3 is 16.2 Å². The number of rotatable bonds is 1. The maximum Gasteiger partial charge on any atom is 0.394 e. The van der Waals surface area contributed by atoms with Crippen LogP contribution in [0.3, 0.4) is 0 Å². The summed E-state index contributed by atoms with van der Waals surface area (Å²) < 4.78 is 0. The lowest BCUT2D eigenvalue weighted by Crippen LogP contribution is -2.46. The summed E-state index contributed by atoms with van der Waals surface area (Å²) in [6, 6.07) is 0. The highest BCUT2D eigenvalue weighted by molar-refractivity contribution is 6.31. The van der Waals surface area contributed by atoms with Crippen molar-refractivity contribution >= 4 is 11.9 Å². The van der Waals surface area contributed by atoms with E-state index >= 15 is 0 Å². The third-order valence-corrected chi connectivity index (χ3v) is 1.35. The van der Waals surface area contributed by atoms with Gasteiger partial charge in [-0.1, -0.05) is 0 Å². The molecular weight excluding hydrogens is 136 g/mol. The normalized spacial score (nSPS) is 19.7. The average molecular weight is 144 g/mol. The molecule has 0 aromatic rings. The number of carboxylic acid groups (broad SMARTS) is 1. The molecule has 1 amide bonds. The van der Waals surface area contributed by atoms with Crippen LogP contribution in [0.15, 0.2) is 0 Å². The Morgan fingerprint density at radius 2 is 2.00 bits per heavy atom. The molecule has 5 heteroatoms. The molecule has 1 rings (SSSR count). The fraction of sp³-hybridized carbons (Fsp3) is 0.600. The van der Waals surface area contributed by atoms with Crippen molar-refractivity contribution in [3.8, 4) is 0 Å². The lowest BCUT2D eigenvalue weighted by Gasteiger charge is -2.07. The number of aliphatic carboxylic acids is 1. The number of nitrogens with two attached hydrogens (primary N) is 1. The molecule has 0 heterocycles. The summed E-state index contributed by atoms with van der Waals surface area (Å²) in [4.78, 5) is 20.3. The number of carbonyl (C=O) groups is 2. The van der Waals surface area contributed by atoms with Crippen LogP contribution < -0.4 is 11.1 Å². The van der Waals surface area contributed by atoms with Gasteiger partial charge in [0.2, 0.25) is 0 Å². The smallest absolute Gasteiger partial charge is 0.394 e. The van der Waals surface area contributed by atoms with Crippen molar-refractivity contribution in [1.82, 2.24) is 5.32 Å². The summed E-state index contributed by atoms with van der Waals surface area (Å²) in [5, 5.41) is 10.3. The second-order valence-electron chi connectivity index (χ2n) is 2.42. The minimum Gasteiger partial charge on any atom is -0.474 e. The van der Waals surface area contributed by atoms with E-state index in [0.717, 1.165) is 0 Å². The highest BCUT2D eigenvalue weighted by Crippen LogP contribution is 2.28. The Morgan fingerprint density at radius 1 is 1.50 bits per heavy atom. The standard InChI is InChI=1S/C5H8N2O3/c6-5(1-2-5)7-3(8)4(9)10/h1-2,6H2,(H,7,8)(H,9,10). The van der Waals surface area contributed by atoms with Crippen molar-refractivity contribution in [3.63, 3.8) is 0 Å². The van der Waals surface area contributed by atoms with E-state index in [1.165, 1.54) is 0 Å². The van der Waals surface area contributed by atoms with E-state index in [4.69, 9.17) is 10.8 Å². The summed E-state index contributed by atoms with van der Waals surface area (Å²) in [5.41, 5.74) is 4.66. The van der Waals surface area contributed by atoms with Gasteiger partial charge in [0.05, 0.1) is 5.66 Å². The van der Waals surface area contributed by atoms with Crippen LogP contribution in [-0.4, -0.2) is 22.6 Å². The Hall–Kier alpha value is -1.10. The van der Waals surface area contributed by atoms with Crippen LogP contribution in [0.5, 0.6) is 0 Å². The fourth-order valence-corrected chi connectivity index (χ4v) is 0.539. The van der Waals surface area contributed by atoms with Gasteiger partial charge in [0.15, 0.2) is 0 Å². The molecule has 1 saturated carbocycles. The monoisotopic (exact) mass is 144 g/mol. The van der Waals surface area contributed by atoms with Crippen LogP contribution in [0.25, 0.3) is 0 Å². The molecule has 56 valence electrons. The van der Waals surface area contributed by atoms with E-state index in [9.17, 15) is 9.59 Å². The third-order valence-electron chi connectivity index (χ3n) is 1.35. The van der Waals surface area contributed by atoms with Gasteiger partial charge in [-0.15, -0.1) is 0 Å². The first-order valence-electron chi connectivity index (χ1n) is 2.88. The molecule has 0 unspecified atom stereocenters. The first-order valence-corrected chi connectivity index (χ1v) is 2.88. The molecule has 4 N–H and O–H groups in total. The maximum atomic E-state index is 10.4. The third kappa shape index (κ3) is 1.44. The molecule has 0 atom stereocenters. The molecule has 1 aliphatic rings. The molecule has 10 heavy (non-hydrogen) atoms. The molecular formula is C5H8N2O3. The number of carbonyl (C=O) groups excluding carboxylic acids is 1. The highest BCUT2D eigenvalue weighted by atomic mass is 16.4. The minimum atomic E-state index is -1.49. The van der Waals surface area contributed by atoms with Gasteiger partial charge in [-0.3, -0.25) is 4.79 Å². The van der Waals surface area contributed by atoms with Crippen molar-refractivity contribution in [2.45, 2.75) is 18.5 Å². The molecule has 0 bridgehead atoms. The Balaban J connectivity index is 2.39. The van der Waals surface area contributed by atoms with E-state index in [2.05, 4.69) is 5.32 Å². The highest BCUT2D eigenvalue weighted by Gasteiger charge is 2.40. The summed E-state index contributed by atoms with van der Waals surface area (Å²) in [6.07, 6.45) is 1.32. The molecule has 0 spiro atoms. The van der Waals surface area contributed by atoms with E-state index in [0.29, 0.717) is 12.8 Å². The summed E-state index contributed by atoms with van der Waals surface area (Å²) in [7, 11) is 0. The summed E-state index contributed by atoms with van der Waals surface area (Å²) in [5.74, 6) is -2.52. The van der Waals surface area contributed by atoms with Crippen LogP contribution >= 0.6 is 0 Å². The van der Waals surface area contributed by atoms with Gasteiger partial charge in [0.25, 0.3) is 0 Å². The quantitative estimate of drug-likeness (QED) is 0.313. The zero-order chi connectivity index (χ0) is 7.78. The Kier molecular flexibility index (Phi) is 1.37. The van der Waals surface area contributed by atoms with Crippen molar-refractivity contribution in [2.24, 2.45) is 5.73 Å². The molecule has 5 nitrogen and oxygen atoms in total. The minimum absolute atomic E-state index is 0.659. The topological polar surface area (TPSA) is 92.4 Å². The number of nitrogens with one attached hydrogen (secondary N) is 1. The SMILES string of the molecule is NC1(NC(=O)C(=O)O)CC1. The number of amides is 1. The second-order valence-corrected chi connectivity index (χ2v) is 2.42. The first-order chi connectivity index (χ1) is 4.53. The van der Waals surface area contributed by atoms with Crippen molar-refractivity contribution in [2.75, 3.05) is 0 Å². The summed E-state index contributed by atoms with van der Waals surface area (Å²) >= 11 is 0. The molecule has 0 aromatic carbocycles. The van der Waals surface area contributed by atoms with Crippen molar-refractivity contribution < 1.29 is 14.7 Å². The van der Waals surface area contributed by atoms with Crippen LogP contribution in [0.1, 0.15) is 12.8 Å². The van der Waals surface area contributed by atoms with Crippen LogP contribution in [0.2, 0.25) is 0 Å². The van der Waals surface area contributed by atoms with Crippen LogP contribution in [-0.2, 0) is 9.59 Å². The van der Waals surface area contributed by atoms with Gasteiger partial charge in [0.1, 0.15) is 0 Å². The maximum absolute atomic E-state index is 10.4. The van der Waals surface area contributed by atoms with Crippen LogP contribution in [0.4, 0.5) is 0 Å². The number of carboxylic acids is 1. The van der Waals surface area contributed by atoms with E-state index in [1.54, 1.807) is 0 Å². The molecule has 0 saturated heterocycles. The second kappa shape index (κ2) is 1.95. The molecule has 1 fully saturated rings. The van der Waals surface area contributed by atoms with Gasteiger partial charge in [-0.05, 0) is 12.8 Å². The van der Waals surface area contributed by atoms with Gasteiger partial charge in [-0.25, -0.2) is 4.79 Å². The predicted octanol–water partition coefficient (Wildman–Crippen LogP) is -1.36. The van der Waals surface area contributed by atoms with Gasteiger partial charge in [-0.2, -0.15) is 0 Å². The van der Waals surface area contributed by atoms with Crippen molar-refractivity contribution in [3.05, 3.63) is 0 Å². The Bertz CT molecular complexity index is 185. The lowest BCUT2D eigenvalue weighted by molar-refractivity contribution is -0.150. The average Bonchev–Trinajstić information content (AvgIpc) is 2.47. The first kappa shape index (κ1) is 7.01. The number of hydrogen-bond donors (Lipinski definition) is 3. The van der Waals surface area contributed by atoms with Gasteiger partial charge >= 0.3 is 11.9 Å². The molecule has 0 aromatic heterocycles. The largest absolute Gasteiger partial charge is 0.474 e. The van der Waals surface area contributed by atoms with E-state index in [1.807, 2.05) is 0 Å². The van der Waals surface area contributed by atoms with Crippen molar-refractivity contribution in [1.29, 1.82) is 0 Å². The van der Waals surface area contributed by atoms with Gasteiger partial charge in [0, 0.05) is 0 Å². The Morgan fingerprint density at radius 3 is 2.30 bits per heavy atom. The zero-order valence-electron chi connectivity index (χ0n) is 5.26. The molecule has 1 aliphatic carbocycles. The van der Waals surface area contributed by atoms with E-state index < -0.39 is 17.5 Å². The van der Waals surface area contributed by atoms with E-state index in [-0.39, 0.29) is 0 Å². The Labute approximate surface area is 57.2 Å². The zero-order valence-corrected chi connectivity index (χ0v) is 5.26. The molecule has 0 aliphatic heterocycles. The fourth-order valence-electron chi connectivity index (χ4n) is 0.539. The molecule has 0 radical (unpaired) electrons. The lowest BCUT2D eigenvalue weighted by atomic mass is 10.5. The summed E-state index contributed by atoms with van der Waals surface area (Å²) in [6.45, 7) is 0. The van der Waals surface area contributed by atoms with Crippen LogP contribution in [0, 0.1) is 0 Å².